The van der Waals surface area contributed by atoms with Crippen molar-refractivity contribution in [2.24, 2.45) is 0 Å². The highest BCUT2D eigenvalue weighted by Crippen LogP contribution is 2.35. The van der Waals surface area contributed by atoms with Gasteiger partial charge in [0.25, 0.3) is 5.91 Å². The van der Waals surface area contributed by atoms with Crippen LogP contribution in [0.4, 0.5) is 0 Å². The number of hydrogen-bond acceptors (Lipinski definition) is 4. The molecule has 0 aliphatic carbocycles. The lowest BCUT2D eigenvalue weighted by atomic mass is 10.1. The molecule has 0 saturated carbocycles. The minimum absolute atomic E-state index is 0. The fraction of sp³-hybridized carbons (Fsp3) is 0.250. The lowest BCUT2D eigenvalue weighted by Crippen LogP contribution is -2.28. The van der Waals surface area contributed by atoms with Crippen LogP contribution in [0, 0.1) is 0 Å². The standard InChI is InChI=1S/C20H20N2O3.ClH/c1-24-18-4-2-3-14-8-17(12-25-19(14)18)20(23)22-9-13-5-6-15-10-21-11-16(15)7-13;/h2-8,21H,9-12H2,1H3,(H,22,23);1H. The first-order chi connectivity index (χ1) is 12.2. The third-order valence-corrected chi connectivity index (χ3v) is 4.58. The number of para-hydroxylation sites is 1. The number of halogens is 1. The Labute approximate surface area is 158 Å². The van der Waals surface area contributed by atoms with E-state index in [2.05, 4.69) is 28.8 Å². The number of amides is 1. The molecule has 0 bridgehead atoms. The highest BCUT2D eigenvalue weighted by molar-refractivity contribution is 5.99. The monoisotopic (exact) mass is 372 g/mol. The maximum atomic E-state index is 12.5. The van der Waals surface area contributed by atoms with Crippen molar-refractivity contribution < 1.29 is 14.3 Å². The van der Waals surface area contributed by atoms with Gasteiger partial charge in [0.15, 0.2) is 11.5 Å². The van der Waals surface area contributed by atoms with Crippen LogP contribution < -0.4 is 20.1 Å². The predicted molar refractivity (Wildman–Crippen MR) is 103 cm³/mol. The van der Waals surface area contributed by atoms with E-state index in [4.69, 9.17) is 9.47 Å². The van der Waals surface area contributed by atoms with E-state index in [9.17, 15) is 4.79 Å². The first kappa shape index (κ1) is 18.3. The normalized spacial score (nSPS) is 14.3. The van der Waals surface area contributed by atoms with Crippen LogP contribution in [0.15, 0.2) is 42.0 Å². The number of rotatable bonds is 4. The molecule has 136 valence electrons. The molecule has 2 aromatic rings. The number of ether oxygens (including phenoxy) is 2. The van der Waals surface area contributed by atoms with Crippen molar-refractivity contribution in [3.8, 4) is 11.5 Å². The molecule has 2 heterocycles. The van der Waals surface area contributed by atoms with Gasteiger partial charge in [-0.15, -0.1) is 12.4 Å². The molecule has 2 aromatic carbocycles. The molecular weight excluding hydrogens is 352 g/mol. The molecule has 1 amide bonds. The smallest absolute Gasteiger partial charge is 0.250 e. The third-order valence-electron chi connectivity index (χ3n) is 4.58. The lowest BCUT2D eigenvalue weighted by molar-refractivity contribution is -0.117. The van der Waals surface area contributed by atoms with Gasteiger partial charge in [-0.3, -0.25) is 4.79 Å². The summed E-state index contributed by atoms with van der Waals surface area (Å²) in [5, 5.41) is 6.31. The van der Waals surface area contributed by atoms with E-state index in [-0.39, 0.29) is 24.9 Å². The van der Waals surface area contributed by atoms with E-state index in [0.717, 1.165) is 24.2 Å². The van der Waals surface area contributed by atoms with Gasteiger partial charge in [0, 0.05) is 25.2 Å². The van der Waals surface area contributed by atoms with Gasteiger partial charge < -0.3 is 20.1 Å². The Morgan fingerprint density at radius 3 is 2.92 bits per heavy atom. The molecule has 0 atom stereocenters. The Morgan fingerprint density at radius 2 is 2.08 bits per heavy atom. The largest absolute Gasteiger partial charge is 0.493 e. The maximum Gasteiger partial charge on any atom is 0.250 e. The van der Waals surface area contributed by atoms with Crippen LogP contribution in [0.25, 0.3) is 6.08 Å². The van der Waals surface area contributed by atoms with Gasteiger partial charge in [0.1, 0.15) is 6.61 Å². The summed E-state index contributed by atoms with van der Waals surface area (Å²) in [4.78, 5) is 12.5. The van der Waals surface area contributed by atoms with Crippen molar-refractivity contribution in [1.29, 1.82) is 0 Å². The summed E-state index contributed by atoms with van der Waals surface area (Å²) in [6.45, 7) is 2.57. The zero-order chi connectivity index (χ0) is 17.2. The van der Waals surface area contributed by atoms with E-state index < -0.39 is 0 Å². The number of hydrogen-bond donors (Lipinski definition) is 2. The minimum Gasteiger partial charge on any atom is -0.493 e. The Kier molecular flexibility index (Phi) is 5.49. The summed E-state index contributed by atoms with van der Waals surface area (Å²) in [7, 11) is 1.61. The van der Waals surface area contributed by atoms with Gasteiger partial charge in [0.2, 0.25) is 0 Å². The molecule has 2 aliphatic rings. The zero-order valence-corrected chi connectivity index (χ0v) is 15.3. The molecule has 2 N–H and O–H groups in total. The third kappa shape index (κ3) is 3.54. The molecule has 0 radical (unpaired) electrons. The highest BCUT2D eigenvalue weighted by atomic mass is 35.5. The number of carbonyl (C=O) groups excluding carboxylic acids is 1. The zero-order valence-electron chi connectivity index (χ0n) is 14.5. The van der Waals surface area contributed by atoms with Gasteiger partial charge >= 0.3 is 0 Å². The molecule has 4 rings (SSSR count). The number of benzene rings is 2. The van der Waals surface area contributed by atoms with Gasteiger partial charge in [-0.25, -0.2) is 0 Å². The summed E-state index contributed by atoms with van der Waals surface area (Å²) in [6, 6.07) is 12.0. The van der Waals surface area contributed by atoms with Crippen LogP contribution in [0.2, 0.25) is 0 Å². The van der Waals surface area contributed by atoms with Crippen LogP contribution in [0.1, 0.15) is 22.3 Å². The van der Waals surface area contributed by atoms with Crippen molar-refractivity contribution in [3.63, 3.8) is 0 Å². The van der Waals surface area contributed by atoms with E-state index in [1.807, 2.05) is 24.3 Å². The fourth-order valence-electron chi connectivity index (χ4n) is 3.23. The number of nitrogens with one attached hydrogen (secondary N) is 2. The number of carbonyl (C=O) groups is 1. The van der Waals surface area contributed by atoms with Gasteiger partial charge in [-0.2, -0.15) is 0 Å². The Bertz CT molecular complexity index is 864. The van der Waals surface area contributed by atoms with Crippen LogP contribution in [0.5, 0.6) is 11.5 Å². The lowest BCUT2D eigenvalue weighted by Gasteiger charge is -2.19. The second-order valence-electron chi connectivity index (χ2n) is 6.23. The summed E-state index contributed by atoms with van der Waals surface area (Å²) >= 11 is 0. The van der Waals surface area contributed by atoms with Crippen molar-refractivity contribution in [3.05, 3.63) is 64.2 Å². The molecule has 5 nitrogen and oxygen atoms in total. The van der Waals surface area contributed by atoms with Crippen molar-refractivity contribution in [2.45, 2.75) is 19.6 Å². The van der Waals surface area contributed by atoms with Gasteiger partial charge in [-0.1, -0.05) is 30.3 Å². The van der Waals surface area contributed by atoms with Crippen molar-refractivity contribution >= 4 is 24.4 Å². The fourth-order valence-corrected chi connectivity index (χ4v) is 3.23. The Balaban J connectivity index is 0.00000196. The quantitative estimate of drug-likeness (QED) is 0.866. The number of methoxy groups -OCH3 is 1. The van der Waals surface area contributed by atoms with Crippen LogP contribution in [-0.4, -0.2) is 19.6 Å². The van der Waals surface area contributed by atoms with Crippen molar-refractivity contribution in [2.75, 3.05) is 13.7 Å². The van der Waals surface area contributed by atoms with Gasteiger partial charge in [0.05, 0.1) is 12.7 Å². The SMILES string of the molecule is COc1cccc2c1OCC(C(=O)NCc1ccc3c(c1)CNC3)=C2.Cl. The van der Waals surface area contributed by atoms with Crippen LogP contribution >= 0.6 is 12.4 Å². The van der Waals surface area contributed by atoms with E-state index in [1.165, 1.54) is 11.1 Å². The second kappa shape index (κ2) is 7.81. The van der Waals surface area contributed by atoms with E-state index in [0.29, 0.717) is 23.6 Å². The Hall–Kier alpha value is -2.50. The molecule has 6 heteroatoms. The van der Waals surface area contributed by atoms with Crippen LogP contribution in [-0.2, 0) is 24.4 Å². The summed E-state index contributed by atoms with van der Waals surface area (Å²) < 4.78 is 11.0. The summed E-state index contributed by atoms with van der Waals surface area (Å²) in [5.41, 5.74) is 5.23. The highest BCUT2D eigenvalue weighted by Gasteiger charge is 2.20. The van der Waals surface area contributed by atoms with Gasteiger partial charge in [-0.05, 0) is 28.8 Å². The molecule has 0 fully saturated rings. The summed E-state index contributed by atoms with van der Waals surface area (Å²) in [5.74, 6) is 1.26. The predicted octanol–water partition coefficient (Wildman–Crippen LogP) is 2.81. The van der Waals surface area contributed by atoms with Crippen molar-refractivity contribution in [1.82, 2.24) is 10.6 Å². The van der Waals surface area contributed by atoms with Crippen LogP contribution in [0.3, 0.4) is 0 Å². The van der Waals surface area contributed by atoms with E-state index >= 15 is 0 Å². The second-order valence-corrected chi connectivity index (χ2v) is 6.23. The maximum absolute atomic E-state index is 12.5. The molecule has 0 spiro atoms. The number of fused-ring (bicyclic) bond motifs is 2. The topological polar surface area (TPSA) is 59.6 Å². The minimum atomic E-state index is -0.105. The average Bonchev–Trinajstić information content (AvgIpc) is 3.12. The molecule has 0 unspecified atom stereocenters. The molecule has 0 aromatic heterocycles. The Morgan fingerprint density at radius 1 is 1.23 bits per heavy atom. The molecule has 2 aliphatic heterocycles. The average molecular weight is 373 g/mol. The molecule has 26 heavy (non-hydrogen) atoms. The molecule has 0 saturated heterocycles. The molecular formula is C20H21ClN2O3. The first-order valence-corrected chi connectivity index (χ1v) is 8.34. The first-order valence-electron chi connectivity index (χ1n) is 8.34. The van der Waals surface area contributed by atoms with E-state index in [1.54, 1.807) is 7.11 Å². The summed E-state index contributed by atoms with van der Waals surface area (Å²) in [6.07, 6.45) is 1.86.